The Labute approximate surface area is 120 Å². The van der Waals surface area contributed by atoms with Gasteiger partial charge in [0.15, 0.2) is 5.16 Å². The molecule has 0 unspecified atom stereocenters. The zero-order valence-electron chi connectivity index (χ0n) is 10.9. The number of aromatic nitrogens is 3. The van der Waals surface area contributed by atoms with Gasteiger partial charge in [0.25, 0.3) is 5.91 Å². The van der Waals surface area contributed by atoms with Crippen LogP contribution in [0.2, 0.25) is 0 Å². The summed E-state index contributed by atoms with van der Waals surface area (Å²) in [5.74, 6) is -0.625. The topological polar surface area (TPSA) is 76.9 Å². The van der Waals surface area contributed by atoms with Gasteiger partial charge in [0, 0.05) is 12.1 Å². The third-order valence-corrected chi connectivity index (χ3v) is 3.52. The number of amides is 2. The normalized spacial score (nSPS) is 10.2. The number of nitrogens with one attached hydrogen (secondary N) is 1. The van der Waals surface area contributed by atoms with Crippen molar-refractivity contribution in [2.45, 2.75) is 18.6 Å². The number of hydrogen-bond donors (Lipinski definition) is 1. The lowest BCUT2D eigenvalue weighted by molar-refractivity contribution is -0.117. The average molecular weight is 290 g/mol. The van der Waals surface area contributed by atoms with Gasteiger partial charge in [-0.1, -0.05) is 30.0 Å². The van der Waals surface area contributed by atoms with Crippen LogP contribution in [0.25, 0.3) is 0 Å². The van der Waals surface area contributed by atoms with Crippen LogP contribution in [0.3, 0.4) is 0 Å². The Morgan fingerprint density at radius 3 is 2.75 bits per heavy atom. The molecule has 6 nitrogen and oxygen atoms in total. The fourth-order valence-electron chi connectivity index (χ4n) is 1.53. The maximum Gasteiger partial charge on any atom is 0.257 e. The summed E-state index contributed by atoms with van der Waals surface area (Å²) in [4.78, 5) is 23.5. The average Bonchev–Trinajstić information content (AvgIpc) is 2.93. The molecule has 0 aliphatic heterocycles. The van der Waals surface area contributed by atoms with Gasteiger partial charge in [0.1, 0.15) is 6.33 Å². The fraction of sp³-hybridized carbons (Fsp3) is 0.231. The van der Waals surface area contributed by atoms with Crippen LogP contribution >= 0.6 is 11.8 Å². The Bertz CT molecular complexity index is 597. The van der Waals surface area contributed by atoms with Crippen molar-refractivity contribution in [3.63, 3.8) is 0 Å². The third-order valence-electron chi connectivity index (χ3n) is 2.54. The highest BCUT2D eigenvalue weighted by molar-refractivity contribution is 7.99. The lowest BCUT2D eigenvalue weighted by Gasteiger charge is -2.04. The molecule has 0 aliphatic carbocycles. The quantitative estimate of drug-likeness (QED) is 0.841. The first kappa shape index (κ1) is 14.3. The number of nitrogens with zero attached hydrogens (tertiary/aromatic N) is 3. The Kier molecular flexibility index (Phi) is 4.89. The number of benzene rings is 1. The summed E-state index contributed by atoms with van der Waals surface area (Å²) in [5, 5.41) is 10.7. The number of carbonyl (C=O) groups is 2. The summed E-state index contributed by atoms with van der Waals surface area (Å²) in [6.07, 6.45) is 1.61. The predicted octanol–water partition coefficient (Wildman–Crippen LogP) is 1.35. The minimum absolute atomic E-state index is 0.122. The van der Waals surface area contributed by atoms with Gasteiger partial charge in [-0.25, -0.2) is 0 Å². The molecule has 1 N–H and O–H groups in total. The van der Waals surface area contributed by atoms with E-state index in [0.29, 0.717) is 10.7 Å². The van der Waals surface area contributed by atoms with E-state index in [0.717, 1.165) is 6.54 Å². The highest BCUT2D eigenvalue weighted by Gasteiger charge is 2.12. The molecule has 0 spiro atoms. The largest absolute Gasteiger partial charge is 0.309 e. The van der Waals surface area contributed by atoms with Crippen molar-refractivity contribution >= 4 is 23.6 Å². The van der Waals surface area contributed by atoms with E-state index < -0.39 is 5.91 Å². The van der Waals surface area contributed by atoms with Gasteiger partial charge in [0.05, 0.1) is 5.75 Å². The van der Waals surface area contributed by atoms with Crippen molar-refractivity contribution in [2.24, 2.45) is 0 Å². The number of thioether (sulfide) groups is 1. The molecule has 0 saturated heterocycles. The van der Waals surface area contributed by atoms with Gasteiger partial charge in [-0.3, -0.25) is 14.9 Å². The molecule has 7 heteroatoms. The first-order valence-electron chi connectivity index (χ1n) is 6.10. The van der Waals surface area contributed by atoms with E-state index in [1.807, 2.05) is 17.6 Å². The van der Waals surface area contributed by atoms with Crippen LogP contribution in [-0.2, 0) is 11.3 Å². The van der Waals surface area contributed by atoms with Crippen LogP contribution in [0.4, 0.5) is 0 Å². The van der Waals surface area contributed by atoms with Crippen LogP contribution < -0.4 is 5.32 Å². The lowest BCUT2D eigenvalue weighted by Crippen LogP contribution is -2.31. The van der Waals surface area contributed by atoms with E-state index >= 15 is 0 Å². The van der Waals surface area contributed by atoms with E-state index in [2.05, 4.69) is 15.5 Å². The molecule has 2 amide bonds. The van der Waals surface area contributed by atoms with E-state index in [4.69, 9.17) is 0 Å². The Hall–Kier alpha value is -2.15. The smallest absolute Gasteiger partial charge is 0.257 e. The minimum Gasteiger partial charge on any atom is -0.309 e. The summed E-state index contributed by atoms with van der Waals surface area (Å²) in [6.45, 7) is 2.70. The second-order valence-electron chi connectivity index (χ2n) is 3.93. The number of imide groups is 1. The van der Waals surface area contributed by atoms with Crippen LogP contribution in [0, 0.1) is 0 Å². The van der Waals surface area contributed by atoms with Crippen LogP contribution in [0.1, 0.15) is 17.3 Å². The van der Waals surface area contributed by atoms with Crippen molar-refractivity contribution in [1.29, 1.82) is 0 Å². The molecule has 0 atom stereocenters. The molecule has 0 bridgehead atoms. The summed E-state index contributed by atoms with van der Waals surface area (Å²) >= 11 is 1.25. The lowest BCUT2D eigenvalue weighted by atomic mass is 10.2. The standard InChI is InChI=1S/C13H14N4O2S/c1-2-17-9-14-16-13(17)20-8-11(18)15-12(19)10-6-4-3-5-7-10/h3-7,9H,2,8H2,1H3,(H,15,18,19). The molecule has 1 aromatic heterocycles. The maximum absolute atomic E-state index is 11.8. The van der Waals surface area contributed by atoms with Crippen LogP contribution in [0.5, 0.6) is 0 Å². The highest BCUT2D eigenvalue weighted by Crippen LogP contribution is 2.13. The van der Waals surface area contributed by atoms with Gasteiger partial charge in [-0.2, -0.15) is 0 Å². The first-order chi connectivity index (χ1) is 9.70. The number of aryl methyl sites for hydroxylation is 1. The summed E-state index contributed by atoms with van der Waals surface area (Å²) < 4.78 is 1.83. The first-order valence-corrected chi connectivity index (χ1v) is 7.09. The minimum atomic E-state index is -0.395. The van der Waals surface area contributed by atoms with E-state index in [1.54, 1.807) is 30.6 Å². The van der Waals surface area contributed by atoms with Crippen molar-refractivity contribution in [3.8, 4) is 0 Å². The van der Waals surface area contributed by atoms with Crippen molar-refractivity contribution < 1.29 is 9.59 Å². The number of rotatable bonds is 5. The van der Waals surface area contributed by atoms with Gasteiger partial charge in [0.2, 0.25) is 5.91 Å². The molecule has 0 fully saturated rings. The molecule has 2 rings (SSSR count). The SMILES string of the molecule is CCn1cnnc1SCC(=O)NC(=O)c1ccccc1. The summed E-state index contributed by atoms with van der Waals surface area (Å²) in [7, 11) is 0. The Morgan fingerprint density at radius 2 is 2.05 bits per heavy atom. The Balaban J connectivity index is 1.86. The maximum atomic E-state index is 11.8. The zero-order valence-corrected chi connectivity index (χ0v) is 11.8. The van der Waals surface area contributed by atoms with Gasteiger partial charge >= 0.3 is 0 Å². The summed E-state index contributed by atoms with van der Waals surface area (Å²) in [6, 6.07) is 8.62. The second kappa shape index (κ2) is 6.85. The monoisotopic (exact) mass is 290 g/mol. The molecule has 0 radical (unpaired) electrons. The van der Waals surface area contributed by atoms with Crippen LogP contribution in [0.15, 0.2) is 41.8 Å². The molecule has 2 aromatic rings. The Morgan fingerprint density at radius 1 is 1.30 bits per heavy atom. The van der Waals surface area contributed by atoms with Gasteiger partial charge < -0.3 is 4.57 Å². The van der Waals surface area contributed by atoms with Crippen molar-refractivity contribution in [1.82, 2.24) is 20.1 Å². The molecule has 20 heavy (non-hydrogen) atoms. The third kappa shape index (κ3) is 3.67. The van der Waals surface area contributed by atoms with E-state index in [-0.39, 0.29) is 11.7 Å². The van der Waals surface area contributed by atoms with Crippen molar-refractivity contribution in [3.05, 3.63) is 42.2 Å². The molecule has 1 aromatic carbocycles. The molecule has 104 valence electrons. The number of hydrogen-bond acceptors (Lipinski definition) is 5. The molecular formula is C13H14N4O2S. The number of carbonyl (C=O) groups excluding carboxylic acids is 2. The van der Waals surface area contributed by atoms with Crippen molar-refractivity contribution in [2.75, 3.05) is 5.75 Å². The molecule has 0 aliphatic rings. The fourth-order valence-corrected chi connectivity index (χ4v) is 2.31. The summed E-state index contributed by atoms with van der Waals surface area (Å²) in [5.41, 5.74) is 0.461. The molecule has 1 heterocycles. The second-order valence-corrected chi connectivity index (χ2v) is 4.87. The molecule has 0 saturated carbocycles. The van der Waals surface area contributed by atoms with Crippen LogP contribution in [-0.4, -0.2) is 32.3 Å². The van der Waals surface area contributed by atoms with E-state index in [1.165, 1.54) is 11.8 Å². The molecular weight excluding hydrogens is 276 g/mol. The highest BCUT2D eigenvalue weighted by atomic mass is 32.2. The van der Waals surface area contributed by atoms with Gasteiger partial charge in [-0.05, 0) is 19.1 Å². The zero-order chi connectivity index (χ0) is 14.4. The van der Waals surface area contributed by atoms with E-state index in [9.17, 15) is 9.59 Å². The van der Waals surface area contributed by atoms with Gasteiger partial charge in [-0.15, -0.1) is 10.2 Å². The predicted molar refractivity (Wildman–Crippen MR) is 75.3 cm³/mol.